The molecule has 17 heavy (non-hydrogen) atoms. The van der Waals surface area contributed by atoms with Gasteiger partial charge in [-0.1, -0.05) is 13.8 Å². The van der Waals surface area contributed by atoms with Gasteiger partial charge in [0.25, 0.3) is 0 Å². The molecule has 1 aromatic heterocycles. The van der Waals surface area contributed by atoms with Crippen LogP contribution in [0.5, 0.6) is 0 Å². The van der Waals surface area contributed by atoms with Crippen molar-refractivity contribution < 1.29 is 4.42 Å². The highest BCUT2D eigenvalue weighted by molar-refractivity contribution is 5.12. The summed E-state index contributed by atoms with van der Waals surface area (Å²) in [6.45, 7) is 8.93. The minimum absolute atomic E-state index is 0.811. The molecular weight excluding hydrogens is 212 g/mol. The zero-order chi connectivity index (χ0) is 12.3. The smallest absolute Gasteiger partial charge is 0.118 e. The molecule has 0 aromatic carbocycles. The SMILES string of the molecule is CNCc1coc(CN2CC(C)CC(C)C2)c1. The van der Waals surface area contributed by atoms with Gasteiger partial charge in [0.1, 0.15) is 5.76 Å². The molecule has 2 unspecified atom stereocenters. The lowest BCUT2D eigenvalue weighted by Crippen LogP contribution is -2.37. The van der Waals surface area contributed by atoms with E-state index < -0.39 is 0 Å². The lowest BCUT2D eigenvalue weighted by Gasteiger charge is -2.34. The van der Waals surface area contributed by atoms with Crippen molar-refractivity contribution in [3.05, 3.63) is 23.7 Å². The van der Waals surface area contributed by atoms with Crippen LogP contribution in [0.3, 0.4) is 0 Å². The van der Waals surface area contributed by atoms with Gasteiger partial charge < -0.3 is 9.73 Å². The lowest BCUT2D eigenvalue weighted by atomic mass is 9.92. The topological polar surface area (TPSA) is 28.4 Å². The van der Waals surface area contributed by atoms with E-state index in [0.29, 0.717) is 0 Å². The molecule has 0 amide bonds. The Labute approximate surface area is 104 Å². The van der Waals surface area contributed by atoms with Crippen molar-refractivity contribution in [2.75, 3.05) is 20.1 Å². The maximum Gasteiger partial charge on any atom is 0.118 e. The van der Waals surface area contributed by atoms with Crippen molar-refractivity contribution in [1.82, 2.24) is 10.2 Å². The van der Waals surface area contributed by atoms with Gasteiger partial charge in [0.2, 0.25) is 0 Å². The van der Waals surface area contributed by atoms with Crippen LogP contribution in [0.15, 0.2) is 16.7 Å². The van der Waals surface area contributed by atoms with Crippen LogP contribution in [0.2, 0.25) is 0 Å². The second kappa shape index (κ2) is 5.69. The van der Waals surface area contributed by atoms with Gasteiger partial charge in [-0.15, -0.1) is 0 Å². The molecule has 1 aliphatic heterocycles. The quantitative estimate of drug-likeness (QED) is 0.870. The van der Waals surface area contributed by atoms with E-state index in [-0.39, 0.29) is 0 Å². The number of nitrogens with one attached hydrogen (secondary N) is 1. The number of nitrogens with zero attached hydrogens (tertiary/aromatic N) is 1. The average molecular weight is 236 g/mol. The second-order valence-electron chi connectivity index (χ2n) is 5.59. The van der Waals surface area contributed by atoms with Crippen LogP contribution in [-0.2, 0) is 13.1 Å². The average Bonchev–Trinajstić information content (AvgIpc) is 2.64. The van der Waals surface area contributed by atoms with Crippen LogP contribution in [0.25, 0.3) is 0 Å². The largest absolute Gasteiger partial charge is 0.468 e. The normalized spacial score (nSPS) is 26.3. The first-order valence-electron chi connectivity index (χ1n) is 6.60. The van der Waals surface area contributed by atoms with Crippen LogP contribution in [-0.4, -0.2) is 25.0 Å². The van der Waals surface area contributed by atoms with Crippen LogP contribution in [0, 0.1) is 11.8 Å². The Kier molecular flexibility index (Phi) is 4.24. The molecule has 3 nitrogen and oxygen atoms in total. The maximum atomic E-state index is 5.61. The molecular formula is C14H24N2O. The Balaban J connectivity index is 1.90. The van der Waals surface area contributed by atoms with Gasteiger partial charge in [-0.05, 0) is 31.4 Å². The molecule has 1 fully saturated rings. The number of likely N-dealkylation sites (tertiary alicyclic amines) is 1. The van der Waals surface area contributed by atoms with Crippen LogP contribution in [0.4, 0.5) is 0 Å². The van der Waals surface area contributed by atoms with Crippen LogP contribution in [0.1, 0.15) is 31.6 Å². The highest BCUT2D eigenvalue weighted by atomic mass is 16.3. The third-order valence-electron chi connectivity index (χ3n) is 3.41. The monoisotopic (exact) mass is 236 g/mol. The number of hydrogen-bond donors (Lipinski definition) is 1. The summed E-state index contributed by atoms with van der Waals surface area (Å²) in [5.41, 5.74) is 1.24. The van der Waals surface area contributed by atoms with E-state index in [1.165, 1.54) is 25.1 Å². The van der Waals surface area contributed by atoms with E-state index in [1.54, 1.807) is 0 Å². The van der Waals surface area contributed by atoms with E-state index in [4.69, 9.17) is 4.42 Å². The Morgan fingerprint density at radius 3 is 2.71 bits per heavy atom. The summed E-state index contributed by atoms with van der Waals surface area (Å²) >= 11 is 0. The molecule has 0 spiro atoms. The van der Waals surface area contributed by atoms with Crippen molar-refractivity contribution in [2.45, 2.75) is 33.4 Å². The van der Waals surface area contributed by atoms with Gasteiger partial charge in [0, 0.05) is 25.2 Å². The van der Waals surface area contributed by atoms with Crippen molar-refractivity contribution >= 4 is 0 Å². The van der Waals surface area contributed by atoms with E-state index in [9.17, 15) is 0 Å². The zero-order valence-electron chi connectivity index (χ0n) is 11.2. The molecule has 0 bridgehead atoms. The van der Waals surface area contributed by atoms with Crippen molar-refractivity contribution in [2.24, 2.45) is 11.8 Å². The molecule has 2 rings (SSSR count). The Bertz CT molecular complexity index is 338. The molecule has 1 aromatic rings. The van der Waals surface area contributed by atoms with Crippen molar-refractivity contribution in [3.8, 4) is 0 Å². The van der Waals surface area contributed by atoms with Gasteiger partial charge in [0.05, 0.1) is 12.8 Å². The van der Waals surface area contributed by atoms with E-state index >= 15 is 0 Å². The predicted octanol–water partition coefficient (Wildman–Crippen LogP) is 2.48. The van der Waals surface area contributed by atoms with Crippen molar-refractivity contribution in [3.63, 3.8) is 0 Å². The first kappa shape index (κ1) is 12.7. The molecule has 1 N–H and O–H groups in total. The first-order chi connectivity index (χ1) is 8.17. The summed E-state index contributed by atoms with van der Waals surface area (Å²) in [6, 6.07) is 2.17. The number of hydrogen-bond acceptors (Lipinski definition) is 3. The minimum Gasteiger partial charge on any atom is -0.468 e. The van der Waals surface area contributed by atoms with Gasteiger partial charge in [-0.3, -0.25) is 4.90 Å². The minimum atomic E-state index is 0.811. The summed E-state index contributed by atoms with van der Waals surface area (Å²) in [4.78, 5) is 2.51. The van der Waals surface area contributed by atoms with Crippen LogP contribution >= 0.6 is 0 Å². The summed E-state index contributed by atoms with van der Waals surface area (Å²) in [5, 5.41) is 3.14. The van der Waals surface area contributed by atoms with Crippen LogP contribution < -0.4 is 5.32 Å². The fourth-order valence-corrected chi connectivity index (χ4v) is 2.95. The summed E-state index contributed by atoms with van der Waals surface area (Å²) in [6.07, 6.45) is 3.22. The number of piperidine rings is 1. The second-order valence-corrected chi connectivity index (χ2v) is 5.59. The summed E-state index contributed by atoms with van der Waals surface area (Å²) in [7, 11) is 1.96. The summed E-state index contributed by atoms with van der Waals surface area (Å²) < 4.78 is 5.61. The Morgan fingerprint density at radius 2 is 2.06 bits per heavy atom. The standard InChI is InChI=1S/C14H24N2O/c1-11-4-12(2)8-16(7-11)9-14-5-13(6-15-3)10-17-14/h5,10-12,15H,4,6-9H2,1-3H3. The third-order valence-corrected chi connectivity index (χ3v) is 3.41. The van der Waals surface area contributed by atoms with Crippen molar-refractivity contribution in [1.29, 1.82) is 0 Å². The highest BCUT2D eigenvalue weighted by Crippen LogP contribution is 2.22. The molecule has 0 radical (unpaired) electrons. The van der Waals surface area contributed by atoms with E-state index in [0.717, 1.165) is 30.7 Å². The molecule has 3 heteroatoms. The van der Waals surface area contributed by atoms with E-state index in [2.05, 4.69) is 30.1 Å². The molecule has 1 saturated heterocycles. The third kappa shape index (κ3) is 3.58. The van der Waals surface area contributed by atoms with Gasteiger partial charge in [0.15, 0.2) is 0 Å². The molecule has 2 atom stereocenters. The molecule has 0 aliphatic carbocycles. The Hall–Kier alpha value is -0.800. The molecule has 1 aliphatic rings. The number of rotatable bonds is 4. The van der Waals surface area contributed by atoms with E-state index in [1.807, 2.05) is 13.3 Å². The summed E-state index contributed by atoms with van der Waals surface area (Å²) in [5.74, 6) is 2.72. The highest BCUT2D eigenvalue weighted by Gasteiger charge is 2.22. The number of furan rings is 1. The molecule has 2 heterocycles. The maximum absolute atomic E-state index is 5.61. The van der Waals surface area contributed by atoms with Gasteiger partial charge >= 0.3 is 0 Å². The van der Waals surface area contributed by atoms with Gasteiger partial charge in [-0.25, -0.2) is 0 Å². The predicted molar refractivity (Wildman–Crippen MR) is 69.7 cm³/mol. The zero-order valence-corrected chi connectivity index (χ0v) is 11.2. The molecule has 0 saturated carbocycles. The Morgan fingerprint density at radius 1 is 1.35 bits per heavy atom. The first-order valence-corrected chi connectivity index (χ1v) is 6.60. The van der Waals surface area contributed by atoms with Gasteiger partial charge in [-0.2, -0.15) is 0 Å². The fourth-order valence-electron chi connectivity index (χ4n) is 2.95. The fraction of sp³-hybridized carbons (Fsp3) is 0.714. The lowest BCUT2D eigenvalue weighted by molar-refractivity contribution is 0.126. The molecule has 96 valence electrons.